The smallest absolute Gasteiger partial charge is 0.160 e. The number of hydrogen-bond donors (Lipinski definition) is 0. The van der Waals surface area contributed by atoms with Gasteiger partial charge in [-0.1, -0.05) is 285 Å². The fourth-order valence-corrected chi connectivity index (χ4v) is 16.4. The van der Waals surface area contributed by atoms with Gasteiger partial charge in [0.15, 0.2) is 5.82 Å². The zero-order valence-corrected chi connectivity index (χ0v) is 54.9. The van der Waals surface area contributed by atoms with E-state index in [0.717, 1.165) is 101 Å². The third-order valence-electron chi connectivity index (χ3n) is 18.9. The van der Waals surface area contributed by atoms with Crippen LogP contribution in [-0.4, -0.2) is 15.0 Å². The van der Waals surface area contributed by atoms with Crippen LogP contribution in [0.4, 0.5) is 0 Å². The average molecular weight is 1280 g/mol. The molecule has 0 atom stereocenters. The van der Waals surface area contributed by atoms with Gasteiger partial charge in [0.2, 0.25) is 0 Å². The van der Waals surface area contributed by atoms with Gasteiger partial charge >= 0.3 is 0 Å². The van der Waals surface area contributed by atoms with E-state index in [1.165, 1.54) is 79.3 Å². The highest BCUT2D eigenvalue weighted by Crippen LogP contribution is 2.44. The lowest BCUT2D eigenvalue weighted by Crippen LogP contribution is -1.96. The topological polar surface area (TPSA) is 38.7 Å². The Bertz CT molecular complexity index is 5970. The molecule has 0 unspecified atom stereocenters. The van der Waals surface area contributed by atoms with E-state index in [1.807, 2.05) is 22.7 Å². The van der Waals surface area contributed by atoms with E-state index in [9.17, 15) is 0 Å². The van der Waals surface area contributed by atoms with Crippen molar-refractivity contribution in [3.63, 3.8) is 0 Å². The number of nitrogens with zero attached hydrogens (tertiary/aromatic N) is 3. The van der Waals surface area contributed by atoms with Crippen LogP contribution in [0.1, 0.15) is 0 Å². The molecule has 0 aliphatic carbocycles. The van der Waals surface area contributed by atoms with Gasteiger partial charge in [-0.2, -0.15) is 0 Å². The van der Waals surface area contributed by atoms with Crippen molar-refractivity contribution in [2.45, 2.75) is 0 Å². The molecule has 0 spiro atoms. The molecule has 0 saturated heterocycles. The number of fused-ring (bicyclic) bond motifs is 6. The molecule has 5 heteroatoms. The molecule has 14 aromatic carbocycles. The Kier molecular flexibility index (Phi) is 15.0. The molecule has 0 radical (unpaired) electrons. The number of pyridine rings is 1. The summed E-state index contributed by atoms with van der Waals surface area (Å²) in [5, 5.41) is 5.23. The van der Waals surface area contributed by atoms with E-state index in [4.69, 9.17) is 15.0 Å². The maximum Gasteiger partial charge on any atom is 0.160 e. The average Bonchev–Trinajstić information content (AvgIpc) is 1.60. The monoisotopic (exact) mass is 1280 g/mol. The van der Waals surface area contributed by atoms with Gasteiger partial charge in [0.1, 0.15) is 0 Å². The van der Waals surface area contributed by atoms with Crippen molar-refractivity contribution in [3.8, 4) is 145 Å². The summed E-state index contributed by atoms with van der Waals surface area (Å²) in [5.41, 5.74) is 27.0. The summed E-state index contributed by atoms with van der Waals surface area (Å²) in [6.07, 6.45) is 0. The molecule has 4 aromatic heterocycles. The van der Waals surface area contributed by atoms with Gasteiger partial charge in [-0.15, -0.1) is 22.7 Å². The first kappa shape index (κ1) is 58.3. The van der Waals surface area contributed by atoms with E-state index in [1.54, 1.807) is 0 Å². The number of hydrogen-bond acceptors (Lipinski definition) is 5. The van der Waals surface area contributed by atoms with Gasteiger partial charge in [-0.05, 0) is 162 Å². The molecule has 0 aliphatic heterocycles. The van der Waals surface area contributed by atoms with Crippen LogP contribution in [0.15, 0.2) is 358 Å². The number of benzene rings is 14. The van der Waals surface area contributed by atoms with Crippen molar-refractivity contribution >= 4 is 63.0 Å². The van der Waals surface area contributed by atoms with Crippen LogP contribution >= 0.6 is 22.7 Å². The van der Waals surface area contributed by atoms with Gasteiger partial charge < -0.3 is 0 Å². The lowest BCUT2D eigenvalue weighted by Gasteiger charge is -2.15. The molecule has 18 aromatic rings. The Labute approximate surface area is 577 Å². The summed E-state index contributed by atoms with van der Waals surface area (Å²) in [4.78, 5) is 16.1. The van der Waals surface area contributed by atoms with E-state index < -0.39 is 0 Å². The first-order valence-corrected chi connectivity index (χ1v) is 34.8. The molecular formula is C93H59N3S2. The Morgan fingerprint density at radius 1 is 0.163 bits per heavy atom. The SMILES string of the molecule is c1ccc(-c2cc(-c3cc(-c4ccc(-c5cccc(-c6cccc7c6sc6ccccc67)c5)cc4)cc(-c4cccc(-c5nc(-c6ccccc6)cc(-c6cccc(-c7ccc(-c8cccc(-c9cccc%10c9sc9ccccc9%10)c8)cc7)c6)n5)c4)c3)cc(-c3ccccc3)n2)cc1. The maximum atomic E-state index is 5.46. The summed E-state index contributed by atoms with van der Waals surface area (Å²) in [6.45, 7) is 0. The minimum absolute atomic E-state index is 0.648. The van der Waals surface area contributed by atoms with Crippen LogP contribution in [0, 0.1) is 0 Å². The van der Waals surface area contributed by atoms with Gasteiger partial charge in [0.05, 0.1) is 22.8 Å². The zero-order chi connectivity index (χ0) is 64.9. The minimum atomic E-state index is 0.648. The molecular weight excluding hydrogens is 1220 g/mol. The molecule has 3 nitrogen and oxygen atoms in total. The second-order valence-corrected chi connectivity index (χ2v) is 27.1. The highest BCUT2D eigenvalue weighted by Gasteiger charge is 2.19. The highest BCUT2D eigenvalue weighted by molar-refractivity contribution is 7.26. The predicted octanol–water partition coefficient (Wildman–Crippen LogP) is 26.3. The lowest BCUT2D eigenvalue weighted by atomic mass is 9.91. The van der Waals surface area contributed by atoms with Crippen molar-refractivity contribution in [2.24, 2.45) is 0 Å². The van der Waals surface area contributed by atoms with E-state index >= 15 is 0 Å². The number of thiophene rings is 2. The quantitative estimate of drug-likeness (QED) is 0.115. The summed E-state index contributed by atoms with van der Waals surface area (Å²) in [5.74, 6) is 0.648. The summed E-state index contributed by atoms with van der Waals surface area (Å²) in [7, 11) is 0. The molecule has 98 heavy (non-hydrogen) atoms. The van der Waals surface area contributed by atoms with Crippen molar-refractivity contribution in [3.05, 3.63) is 358 Å². The zero-order valence-electron chi connectivity index (χ0n) is 53.2. The molecule has 458 valence electrons. The second kappa shape index (κ2) is 25.1. The van der Waals surface area contributed by atoms with Crippen LogP contribution in [0.3, 0.4) is 0 Å². The highest BCUT2D eigenvalue weighted by atomic mass is 32.1. The summed E-state index contributed by atoms with van der Waals surface area (Å²) in [6, 6.07) is 129. The number of aromatic nitrogens is 3. The fraction of sp³-hybridized carbons (Fsp3) is 0. The van der Waals surface area contributed by atoms with E-state index in [2.05, 4.69) is 358 Å². The van der Waals surface area contributed by atoms with Gasteiger partial charge in [0, 0.05) is 68.2 Å². The molecule has 0 bridgehead atoms. The first-order valence-electron chi connectivity index (χ1n) is 33.2. The van der Waals surface area contributed by atoms with Gasteiger partial charge in [-0.3, -0.25) is 0 Å². The van der Waals surface area contributed by atoms with E-state index in [-0.39, 0.29) is 0 Å². The Balaban J connectivity index is 0.704. The van der Waals surface area contributed by atoms with Crippen molar-refractivity contribution in [2.75, 3.05) is 0 Å². The van der Waals surface area contributed by atoms with Crippen LogP contribution in [0.2, 0.25) is 0 Å². The molecule has 0 amide bonds. The molecule has 0 aliphatic rings. The Morgan fingerprint density at radius 2 is 0.449 bits per heavy atom. The van der Waals surface area contributed by atoms with Crippen LogP contribution in [0.25, 0.3) is 186 Å². The van der Waals surface area contributed by atoms with E-state index in [0.29, 0.717) is 5.82 Å². The third kappa shape index (κ3) is 11.3. The summed E-state index contributed by atoms with van der Waals surface area (Å²) < 4.78 is 5.26. The minimum Gasteiger partial charge on any atom is -0.248 e. The molecule has 0 N–H and O–H groups in total. The molecule has 4 heterocycles. The first-order chi connectivity index (χ1) is 48.5. The maximum absolute atomic E-state index is 5.46. The van der Waals surface area contributed by atoms with Crippen molar-refractivity contribution in [1.29, 1.82) is 0 Å². The van der Waals surface area contributed by atoms with Crippen molar-refractivity contribution in [1.82, 2.24) is 15.0 Å². The molecule has 0 saturated carbocycles. The predicted molar refractivity (Wildman–Crippen MR) is 416 cm³/mol. The Morgan fingerprint density at radius 3 is 0.918 bits per heavy atom. The largest absolute Gasteiger partial charge is 0.248 e. The standard InChI is InChI=1S/C93H59N3S2/c1-4-20-64(21-5-1)85-57-78(58-86(94-85)65-22-6-2-7-23-65)77-55-75(63-48-46-61(47-49-63)68-27-15-31-72(51-68)80-37-19-39-84-82-35-11-13-41-90(82)98-92(80)84)54-76(56-77)70-29-17-33-74(53-70)93-95-87(66-24-8-3-9-25-66)59-88(96-93)73-32-16-28-69(52-73)62-44-42-60(43-45-62)67-26-14-30-71(50-67)79-36-18-38-83-81-34-10-12-40-89(81)97-91(79)83/h1-59H. The molecule has 18 rings (SSSR count). The van der Waals surface area contributed by atoms with Crippen LogP contribution in [0.5, 0.6) is 0 Å². The number of rotatable bonds is 13. The van der Waals surface area contributed by atoms with Gasteiger partial charge in [-0.25, -0.2) is 15.0 Å². The van der Waals surface area contributed by atoms with Crippen molar-refractivity contribution < 1.29 is 0 Å². The normalized spacial score (nSPS) is 11.5. The lowest BCUT2D eigenvalue weighted by molar-refractivity contribution is 1.18. The van der Waals surface area contributed by atoms with Crippen LogP contribution in [-0.2, 0) is 0 Å². The van der Waals surface area contributed by atoms with Gasteiger partial charge in [0.25, 0.3) is 0 Å². The molecule has 0 fully saturated rings. The summed E-state index contributed by atoms with van der Waals surface area (Å²) >= 11 is 3.74. The van der Waals surface area contributed by atoms with Crippen LogP contribution < -0.4 is 0 Å². The Hall–Kier alpha value is -12.3. The third-order valence-corrected chi connectivity index (χ3v) is 21.3. The second-order valence-electron chi connectivity index (χ2n) is 25.0. The fourth-order valence-electron chi connectivity index (χ4n) is 13.9.